The van der Waals surface area contributed by atoms with Gasteiger partial charge in [0.1, 0.15) is 6.54 Å². The van der Waals surface area contributed by atoms with Crippen molar-refractivity contribution in [3.8, 4) is 6.07 Å². The van der Waals surface area contributed by atoms with E-state index in [4.69, 9.17) is 5.26 Å². The van der Waals surface area contributed by atoms with Crippen LogP contribution in [-0.4, -0.2) is 33.7 Å². The highest BCUT2D eigenvalue weighted by Gasteiger charge is 2.26. The molecule has 126 valence electrons. The lowest BCUT2D eigenvalue weighted by Gasteiger charge is -2.26. The lowest BCUT2D eigenvalue weighted by atomic mass is 9.88. The maximum Gasteiger partial charge on any atom is 0.270 e. The monoisotopic (exact) mass is 318 g/mol. The van der Waals surface area contributed by atoms with Crippen LogP contribution in [0, 0.1) is 11.3 Å². The van der Waals surface area contributed by atoms with Gasteiger partial charge in [0.25, 0.3) is 5.56 Å². The number of nitrogens with one attached hydrogen (secondary N) is 1. The molecule has 1 aliphatic heterocycles. The number of carbonyl (C=O) groups is 1. The number of amides is 1. The van der Waals surface area contributed by atoms with E-state index in [1.165, 1.54) is 11.1 Å². The van der Waals surface area contributed by atoms with Crippen LogP contribution >= 0.6 is 0 Å². The predicted octanol–water partition coefficient (Wildman–Crippen LogP) is 1.94. The minimum atomic E-state index is -0.233. The molecule has 0 aliphatic carbocycles. The first-order chi connectivity index (χ1) is 10.8. The quantitative estimate of drug-likeness (QED) is 0.921. The maximum absolute atomic E-state index is 12.6. The number of carbonyl (C=O) groups excluding carboxylic acids is 1. The zero-order valence-electron chi connectivity index (χ0n) is 14.3. The Hall–Kier alpha value is -2.03. The summed E-state index contributed by atoms with van der Waals surface area (Å²) in [6.45, 7) is 7.67. The van der Waals surface area contributed by atoms with E-state index in [1.54, 1.807) is 0 Å². The first kappa shape index (κ1) is 17.3. The lowest BCUT2D eigenvalue weighted by molar-refractivity contribution is -0.133. The summed E-state index contributed by atoms with van der Waals surface area (Å²) in [6.07, 6.45) is 3.95. The summed E-state index contributed by atoms with van der Waals surface area (Å²) >= 11 is 0. The van der Waals surface area contributed by atoms with Gasteiger partial charge in [0.2, 0.25) is 5.91 Å². The van der Waals surface area contributed by atoms with Crippen LogP contribution in [-0.2, 0) is 23.2 Å². The van der Waals surface area contributed by atoms with Crippen LogP contribution in [0.5, 0.6) is 0 Å². The second-order valence-corrected chi connectivity index (χ2v) is 7.21. The van der Waals surface area contributed by atoms with Gasteiger partial charge in [-0.25, -0.2) is 4.68 Å². The van der Waals surface area contributed by atoms with Gasteiger partial charge in [-0.05, 0) is 25.7 Å². The predicted molar refractivity (Wildman–Crippen MR) is 88.1 cm³/mol. The number of H-pyrrole nitrogens is 1. The van der Waals surface area contributed by atoms with Gasteiger partial charge >= 0.3 is 0 Å². The fourth-order valence-corrected chi connectivity index (χ4v) is 3.05. The Morgan fingerprint density at radius 3 is 2.48 bits per heavy atom. The minimum Gasteiger partial charge on any atom is -0.341 e. The van der Waals surface area contributed by atoms with Crippen LogP contribution < -0.4 is 5.56 Å². The van der Waals surface area contributed by atoms with E-state index in [9.17, 15) is 9.59 Å². The molecule has 1 N–H and O–H groups in total. The number of likely N-dealkylation sites (tertiary alicyclic amines) is 1. The highest BCUT2D eigenvalue weighted by molar-refractivity contribution is 5.76. The molecule has 0 aromatic carbocycles. The Morgan fingerprint density at radius 1 is 1.26 bits per heavy atom. The van der Waals surface area contributed by atoms with Crippen molar-refractivity contribution in [2.45, 2.75) is 64.8 Å². The SMILES string of the molecule is CC(C)(C)c1[nH]n(CC(=O)N2CCCCC2)c(=O)c1CCC#N. The third-order valence-electron chi connectivity index (χ3n) is 4.29. The van der Waals surface area contributed by atoms with Crippen LogP contribution in [0.3, 0.4) is 0 Å². The average Bonchev–Trinajstić information content (AvgIpc) is 2.82. The largest absolute Gasteiger partial charge is 0.341 e. The van der Waals surface area contributed by atoms with E-state index in [2.05, 4.69) is 11.2 Å². The van der Waals surface area contributed by atoms with E-state index >= 15 is 0 Å². The summed E-state index contributed by atoms with van der Waals surface area (Å²) in [5.41, 5.74) is 1.05. The van der Waals surface area contributed by atoms with E-state index < -0.39 is 0 Å². The average molecular weight is 318 g/mol. The number of hydrogen-bond donors (Lipinski definition) is 1. The number of nitrogens with zero attached hydrogens (tertiary/aromatic N) is 3. The number of aromatic amines is 1. The Morgan fingerprint density at radius 2 is 1.91 bits per heavy atom. The molecule has 2 rings (SSSR count). The molecule has 6 heteroatoms. The van der Waals surface area contributed by atoms with Crippen molar-refractivity contribution >= 4 is 5.91 Å². The molecule has 1 amide bonds. The first-order valence-corrected chi connectivity index (χ1v) is 8.31. The zero-order valence-corrected chi connectivity index (χ0v) is 14.3. The van der Waals surface area contributed by atoms with E-state index in [1.807, 2.05) is 25.7 Å². The molecule has 1 aromatic rings. The normalized spacial score (nSPS) is 15.5. The highest BCUT2D eigenvalue weighted by atomic mass is 16.2. The van der Waals surface area contributed by atoms with Gasteiger partial charge in [0.05, 0.1) is 6.07 Å². The molecular weight excluding hydrogens is 292 g/mol. The molecule has 6 nitrogen and oxygen atoms in total. The van der Waals surface area contributed by atoms with Gasteiger partial charge in [-0.2, -0.15) is 5.26 Å². The summed E-state index contributed by atoms with van der Waals surface area (Å²) in [4.78, 5) is 26.8. The molecule has 1 fully saturated rings. The molecule has 0 radical (unpaired) electrons. The molecular formula is C17H26N4O2. The van der Waals surface area contributed by atoms with Crippen LogP contribution in [0.1, 0.15) is 57.7 Å². The van der Waals surface area contributed by atoms with Crippen LogP contribution in [0.2, 0.25) is 0 Å². The molecule has 23 heavy (non-hydrogen) atoms. The zero-order chi connectivity index (χ0) is 17.0. The summed E-state index contributed by atoms with van der Waals surface area (Å²) in [6, 6.07) is 2.09. The van der Waals surface area contributed by atoms with Gasteiger partial charge in [-0.3, -0.25) is 14.7 Å². The highest BCUT2D eigenvalue weighted by Crippen LogP contribution is 2.23. The van der Waals surface area contributed by atoms with Crippen LogP contribution in [0.15, 0.2) is 4.79 Å². The smallest absolute Gasteiger partial charge is 0.270 e. The van der Waals surface area contributed by atoms with E-state index in [-0.39, 0.29) is 23.4 Å². The summed E-state index contributed by atoms with van der Waals surface area (Å²) < 4.78 is 1.41. The number of aromatic nitrogens is 2. The van der Waals surface area contributed by atoms with Crippen molar-refractivity contribution in [3.05, 3.63) is 21.6 Å². The Kier molecular flexibility index (Phi) is 5.30. The van der Waals surface area contributed by atoms with Crippen molar-refractivity contribution in [2.24, 2.45) is 0 Å². The Labute approximate surface area is 137 Å². The minimum absolute atomic E-state index is 0.0136. The van der Waals surface area contributed by atoms with Crippen molar-refractivity contribution in [2.75, 3.05) is 13.1 Å². The molecule has 0 atom stereocenters. The molecule has 0 bridgehead atoms. The fourth-order valence-electron chi connectivity index (χ4n) is 3.05. The molecule has 0 unspecified atom stereocenters. The second-order valence-electron chi connectivity index (χ2n) is 7.21. The molecule has 1 saturated heterocycles. The fraction of sp³-hybridized carbons (Fsp3) is 0.706. The number of rotatable bonds is 4. The lowest BCUT2D eigenvalue weighted by Crippen LogP contribution is -2.39. The van der Waals surface area contributed by atoms with Crippen molar-refractivity contribution in [3.63, 3.8) is 0 Å². The van der Waals surface area contributed by atoms with Crippen LogP contribution in [0.4, 0.5) is 0 Å². The Bertz CT molecular complexity index is 652. The molecule has 0 saturated carbocycles. The molecule has 0 spiro atoms. The maximum atomic E-state index is 12.6. The van der Waals surface area contributed by atoms with Gasteiger partial charge in [-0.15, -0.1) is 0 Å². The van der Waals surface area contributed by atoms with E-state index in [0.29, 0.717) is 18.4 Å². The number of piperidine rings is 1. The van der Waals surface area contributed by atoms with Gasteiger partial charge in [0, 0.05) is 36.2 Å². The topological polar surface area (TPSA) is 81.9 Å². The first-order valence-electron chi connectivity index (χ1n) is 8.31. The van der Waals surface area contributed by atoms with Gasteiger partial charge in [0.15, 0.2) is 0 Å². The van der Waals surface area contributed by atoms with Crippen LogP contribution in [0.25, 0.3) is 0 Å². The number of nitriles is 1. The number of hydrogen-bond acceptors (Lipinski definition) is 3. The second kappa shape index (κ2) is 7.03. The van der Waals surface area contributed by atoms with E-state index in [0.717, 1.165) is 31.6 Å². The van der Waals surface area contributed by atoms with Crippen molar-refractivity contribution in [1.82, 2.24) is 14.7 Å². The molecule has 2 heterocycles. The van der Waals surface area contributed by atoms with Crippen molar-refractivity contribution < 1.29 is 4.79 Å². The summed E-state index contributed by atoms with van der Waals surface area (Å²) in [7, 11) is 0. The molecule has 1 aromatic heterocycles. The standard InChI is InChI=1S/C17H26N4O2/c1-17(2,3)15-13(8-7-9-18)16(23)21(19-15)12-14(22)20-10-5-4-6-11-20/h19H,4-8,10-12H2,1-3H3. The van der Waals surface area contributed by atoms with Gasteiger partial charge < -0.3 is 4.90 Å². The van der Waals surface area contributed by atoms with Crippen molar-refractivity contribution in [1.29, 1.82) is 5.26 Å². The third-order valence-corrected chi connectivity index (χ3v) is 4.29. The Balaban J connectivity index is 2.25. The summed E-state index contributed by atoms with van der Waals surface area (Å²) in [5, 5.41) is 11.9. The third kappa shape index (κ3) is 4.04. The molecule has 1 aliphatic rings. The van der Waals surface area contributed by atoms with Gasteiger partial charge in [-0.1, -0.05) is 20.8 Å². The summed E-state index contributed by atoms with van der Waals surface area (Å²) in [5.74, 6) is -0.0136.